The molecule has 5 nitrogen and oxygen atoms in total. The van der Waals surface area contributed by atoms with Crippen LogP contribution in [0.5, 0.6) is 0 Å². The van der Waals surface area contributed by atoms with Crippen LogP contribution in [0, 0.1) is 6.92 Å². The highest BCUT2D eigenvalue weighted by molar-refractivity contribution is 5.97. The molecule has 0 radical (unpaired) electrons. The number of nitrogens with one attached hydrogen (secondary N) is 1. The van der Waals surface area contributed by atoms with Gasteiger partial charge in [-0.15, -0.1) is 0 Å². The molecule has 2 aliphatic heterocycles. The molecule has 0 bridgehead atoms. The summed E-state index contributed by atoms with van der Waals surface area (Å²) in [5.74, 6) is 0.0110. The summed E-state index contributed by atoms with van der Waals surface area (Å²) in [7, 11) is 0. The monoisotopic (exact) mass is 435 g/mol. The van der Waals surface area contributed by atoms with E-state index in [1.807, 2.05) is 47.4 Å². The number of rotatable bonds is 3. The summed E-state index contributed by atoms with van der Waals surface area (Å²) in [4.78, 5) is 34.4. The van der Waals surface area contributed by atoms with Gasteiger partial charge in [-0.3, -0.25) is 9.59 Å². The lowest BCUT2D eigenvalue weighted by molar-refractivity contribution is -0.159. The maximum atomic E-state index is 13.7. The number of H-pyrrole nitrogens is 1. The van der Waals surface area contributed by atoms with E-state index in [1.54, 1.807) is 4.90 Å². The molecular formula is C28H25N3O2. The number of para-hydroxylation sites is 1. The van der Waals surface area contributed by atoms with Gasteiger partial charge in [0.25, 0.3) is 0 Å². The molecule has 2 amide bonds. The Morgan fingerprint density at radius 2 is 1.64 bits per heavy atom. The van der Waals surface area contributed by atoms with Crippen LogP contribution >= 0.6 is 0 Å². The Balaban J connectivity index is 1.46. The minimum Gasteiger partial charge on any atom is -0.356 e. The summed E-state index contributed by atoms with van der Waals surface area (Å²) in [5.41, 5.74) is 6.43. The number of carbonyl (C=O) groups excluding carboxylic acids is 2. The van der Waals surface area contributed by atoms with Crippen molar-refractivity contribution in [3.8, 4) is 0 Å². The van der Waals surface area contributed by atoms with Gasteiger partial charge in [0.15, 0.2) is 0 Å². The summed E-state index contributed by atoms with van der Waals surface area (Å²) < 4.78 is 0. The van der Waals surface area contributed by atoms with Gasteiger partial charge in [0.1, 0.15) is 12.6 Å². The number of aromatic nitrogens is 1. The lowest BCUT2D eigenvalue weighted by Gasteiger charge is -2.47. The maximum absolute atomic E-state index is 13.7. The highest BCUT2D eigenvalue weighted by Gasteiger charge is 2.48. The lowest BCUT2D eigenvalue weighted by atomic mass is 9.86. The first-order chi connectivity index (χ1) is 16.1. The highest BCUT2D eigenvalue weighted by atomic mass is 16.2. The Kier molecular flexibility index (Phi) is 4.57. The van der Waals surface area contributed by atoms with Crippen LogP contribution in [0.3, 0.4) is 0 Å². The third kappa shape index (κ3) is 3.23. The van der Waals surface area contributed by atoms with Crippen molar-refractivity contribution in [2.45, 2.75) is 32.0 Å². The van der Waals surface area contributed by atoms with Gasteiger partial charge in [-0.05, 0) is 29.7 Å². The molecule has 33 heavy (non-hydrogen) atoms. The van der Waals surface area contributed by atoms with Crippen LogP contribution in [-0.4, -0.2) is 39.2 Å². The molecule has 0 saturated carbocycles. The number of hydrogen-bond acceptors (Lipinski definition) is 2. The third-order valence-electron chi connectivity index (χ3n) is 6.95. The van der Waals surface area contributed by atoms with E-state index in [1.165, 1.54) is 0 Å². The van der Waals surface area contributed by atoms with E-state index in [0.717, 1.165) is 38.9 Å². The zero-order chi connectivity index (χ0) is 22.5. The number of carbonyl (C=O) groups is 2. The topological polar surface area (TPSA) is 56.4 Å². The van der Waals surface area contributed by atoms with Crippen LogP contribution in [0.4, 0.5) is 0 Å². The van der Waals surface area contributed by atoms with E-state index in [2.05, 4.69) is 48.3 Å². The molecule has 3 heterocycles. The van der Waals surface area contributed by atoms with Crippen LogP contribution in [0.15, 0.2) is 78.9 Å². The predicted octanol–water partition coefficient (Wildman–Crippen LogP) is 4.36. The fraction of sp³-hybridized carbons (Fsp3) is 0.214. The molecule has 5 heteroatoms. The van der Waals surface area contributed by atoms with Gasteiger partial charge in [0.2, 0.25) is 11.8 Å². The van der Waals surface area contributed by atoms with Gasteiger partial charge in [-0.1, -0.05) is 78.4 Å². The molecule has 0 aliphatic carbocycles. The van der Waals surface area contributed by atoms with Crippen molar-refractivity contribution in [1.29, 1.82) is 0 Å². The van der Waals surface area contributed by atoms with E-state index >= 15 is 0 Å². The molecule has 2 unspecified atom stereocenters. The summed E-state index contributed by atoms with van der Waals surface area (Å²) in [6.45, 7) is 2.60. The van der Waals surface area contributed by atoms with Crippen LogP contribution in [-0.2, 0) is 22.6 Å². The molecule has 0 spiro atoms. The molecule has 164 valence electrons. The van der Waals surface area contributed by atoms with Crippen molar-refractivity contribution in [2.75, 3.05) is 6.54 Å². The summed E-state index contributed by atoms with van der Waals surface area (Å²) in [6, 6.07) is 25.6. The SMILES string of the molecule is Cc1ccc(C2c3[nH]c4ccccc4c3CC3C(=O)N(Cc4ccccc4)CC(=O)N32)cc1. The number of hydrogen-bond donors (Lipinski definition) is 1. The zero-order valence-corrected chi connectivity index (χ0v) is 18.5. The smallest absolute Gasteiger partial charge is 0.246 e. The Morgan fingerprint density at radius 3 is 2.42 bits per heavy atom. The number of benzene rings is 3. The molecule has 6 rings (SSSR count). The van der Waals surface area contributed by atoms with Gasteiger partial charge in [-0.2, -0.15) is 0 Å². The molecule has 2 atom stereocenters. The Hall–Kier alpha value is -3.86. The van der Waals surface area contributed by atoms with E-state index < -0.39 is 6.04 Å². The summed E-state index contributed by atoms with van der Waals surface area (Å²) in [6.07, 6.45) is 0.525. The first-order valence-corrected chi connectivity index (χ1v) is 11.4. The fourth-order valence-corrected chi connectivity index (χ4v) is 5.36. The molecular weight excluding hydrogens is 410 g/mol. The maximum Gasteiger partial charge on any atom is 0.246 e. The van der Waals surface area contributed by atoms with Crippen molar-refractivity contribution in [3.63, 3.8) is 0 Å². The molecule has 4 aromatic rings. The van der Waals surface area contributed by atoms with E-state index in [0.29, 0.717) is 13.0 Å². The first kappa shape index (κ1) is 19.8. The Morgan fingerprint density at radius 1 is 0.909 bits per heavy atom. The molecule has 3 aromatic carbocycles. The molecule has 1 aromatic heterocycles. The largest absolute Gasteiger partial charge is 0.356 e. The second-order valence-electron chi connectivity index (χ2n) is 9.08. The summed E-state index contributed by atoms with van der Waals surface area (Å²) in [5, 5.41) is 1.13. The average molecular weight is 436 g/mol. The molecule has 1 fully saturated rings. The van der Waals surface area contributed by atoms with E-state index in [4.69, 9.17) is 0 Å². The van der Waals surface area contributed by atoms with Crippen molar-refractivity contribution < 1.29 is 9.59 Å². The minimum absolute atomic E-state index is 0.00888. The number of aryl methyl sites for hydroxylation is 1. The van der Waals surface area contributed by atoms with E-state index in [9.17, 15) is 9.59 Å². The fourth-order valence-electron chi connectivity index (χ4n) is 5.36. The zero-order valence-electron chi connectivity index (χ0n) is 18.5. The van der Waals surface area contributed by atoms with E-state index in [-0.39, 0.29) is 24.4 Å². The molecule has 1 saturated heterocycles. The molecule has 2 aliphatic rings. The van der Waals surface area contributed by atoms with Gasteiger partial charge in [-0.25, -0.2) is 0 Å². The van der Waals surface area contributed by atoms with Gasteiger partial charge < -0.3 is 14.8 Å². The lowest BCUT2D eigenvalue weighted by Crippen LogP contribution is -2.62. The standard InChI is InChI=1S/C28H25N3O2/c1-18-11-13-20(14-12-18)27-26-22(21-9-5-6-10-23(21)29-26)15-24-28(33)30(17-25(32)31(24)27)16-19-7-3-2-4-8-19/h2-14,24,27,29H,15-17H2,1H3. The Labute approximate surface area is 192 Å². The van der Waals surface area contributed by atoms with Crippen LogP contribution in [0.25, 0.3) is 10.9 Å². The number of fused-ring (bicyclic) bond motifs is 4. The van der Waals surface area contributed by atoms with Crippen molar-refractivity contribution >= 4 is 22.7 Å². The van der Waals surface area contributed by atoms with Crippen LogP contribution in [0.1, 0.15) is 34.0 Å². The number of piperazine rings is 1. The predicted molar refractivity (Wildman–Crippen MR) is 128 cm³/mol. The van der Waals surface area contributed by atoms with Gasteiger partial charge in [0, 0.05) is 29.6 Å². The van der Waals surface area contributed by atoms with Crippen LogP contribution < -0.4 is 0 Å². The number of amides is 2. The first-order valence-electron chi connectivity index (χ1n) is 11.4. The average Bonchev–Trinajstić information content (AvgIpc) is 3.21. The van der Waals surface area contributed by atoms with Crippen molar-refractivity contribution in [1.82, 2.24) is 14.8 Å². The van der Waals surface area contributed by atoms with Crippen molar-refractivity contribution in [3.05, 3.63) is 107 Å². The van der Waals surface area contributed by atoms with Gasteiger partial charge >= 0.3 is 0 Å². The normalized spacial score (nSPS) is 20.2. The minimum atomic E-state index is -0.507. The van der Waals surface area contributed by atoms with Crippen LogP contribution in [0.2, 0.25) is 0 Å². The number of nitrogens with zero attached hydrogens (tertiary/aromatic N) is 2. The molecule has 1 N–H and O–H groups in total. The summed E-state index contributed by atoms with van der Waals surface area (Å²) >= 11 is 0. The quantitative estimate of drug-likeness (QED) is 0.520. The highest BCUT2D eigenvalue weighted by Crippen LogP contribution is 2.42. The Bertz CT molecular complexity index is 1360. The second kappa shape index (κ2) is 7.62. The van der Waals surface area contributed by atoms with Gasteiger partial charge in [0.05, 0.1) is 6.04 Å². The van der Waals surface area contributed by atoms with Crippen molar-refractivity contribution in [2.24, 2.45) is 0 Å². The second-order valence-corrected chi connectivity index (χ2v) is 9.08. The third-order valence-corrected chi connectivity index (χ3v) is 6.95. The number of aromatic amines is 1.